The molecule has 0 radical (unpaired) electrons. The zero-order valence-corrected chi connectivity index (χ0v) is 29.7. The Kier molecular flexibility index (Phi) is 9.89. The minimum absolute atomic E-state index is 0.0893. The number of carbonyl (C=O) groups is 2. The number of nitrogens with one attached hydrogen (secondary N) is 1. The van der Waals surface area contributed by atoms with Crippen molar-refractivity contribution in [2.45, 2.75) is 123 Å². The minimum Gasteiger partial charge on any atom is -0.396 e. The van der Waals surface area contributed by atoms with Crippen LogP contribution in [0.15, 0.2) is 22.8 Å². The number of rotatable bonds is 9. The number of carbonyl (C=O) groups excluding carboxylic acids is 2. The smallest absolute Gasteiger partial charge is 0.223 e. The summed E-state index contributed by atoms with van der Waals surface area (Å²) in [6.45, 7) is 13.3. The van der Waals surface area contributed by atoms with Gasteiger partial charge in [-0.05, 0) is 92.4 Å². The van der Waals surface area contributed by atoms with Crippen LogP contribution in [0.5, 0.6) is 0 Å². The van der Waals surface area contributed by atoms with Crippen LogP contribution in [0, 0.1) is 34.5 Å². The van der Waals surface area contributed by atoms with Crippen LogP contribution < -0.4 is 5.32 Å². The summed E-state index contributed by atoms with van der Waals surface area (Å²) in [4.78, 5) is 27.5. The van der Waals surface area contributed by atoms with Gasteiger partial charge in [-0.2, -0.15) is 0 Å². The van der Waals surface area contributed by atoms with Crippen molar-refractivity contribution in [3.8, 4) is 0 Å². The number of ether oxygens (including phenoxy) is 1. The monoisotopic (exact) mass is 660 g/mol. The first kappa shape index (κ1) is 33.9. The summed E-state index contributed by atoms with van der Waals surface area (Å²) in [6.07, 6.45) is 11.5. The van der Waals surface area contributed by atoms with Gasteiger partial charge in [-0.15, -0.1) is 0 Å². The molecule has 2 saturated carbocycles. The third kappa shape index (κ3) is 5.87. The fraction of sp³-hybridized carbons (Fsp3) is 0.833. The summed E-state index contributed by atoms with van der Waals surface area (Å²) < 4.78 is 7.27. The molecule has 0 aromatic carbocycles. The third-order valence-electron chi connectivity index (χ3n) is 13.3. The minimum atomic E-state index is -0.286. The highest BCUT2D eigenvalue weighted by Gasteiger charge is 2.64. The number of aliphatic hydroxyl groups is 2. The Morgan fingerprint density at radius 3 is 2.62 bits per heavy atom. The molecule has 2 amide bonds. The van der Waals surface area contributed by atoms with E-state index in [1.807, 2.05) is 0 Å². The lowest BCUT2D eigenvalue weighted by Crippen LogP contribution is -2.54. The second kappa shape index (κ2) is 13.1. The van der Waals surface area contributed by atoms with E-state index < -0.39 is 0 Å². The lowest BCUT2D eigenvalue weighted by Gasteiger charge is -2.51. The van der Waals surface area contributed by atoms with Crippen LogP contribution in [0.25, 0.3) is 0 Å². The third-order valence-corrected chi connectivity index (χ3v) is 15.7. The fourth-order valence-electron chi connectivity index (χ4n) is 10.8. The Morgan fingerprint density at radius 2 is 1.84 bits per heavy atom. The number of hydrogen-bond acceptors (Lipinski definition) is 7. The molecule has 9 heteroatoms. The standard InChI is InChI=1S/C36H56N2O5S2/c1-22-18-30-33(38(21-22)32(42)10-16-44-45-17-14-37-31(41)9-15-39)24(3)36(43-30)13-12-35(5)27-7-6-25-19-26(40)8-11-34(25,4)29(27)20-28(35)23(36)2/h6,22,24,26-27,29-30,33,39-40H,7-21H2,1-5H3,(H,37,41)/t22-,24+,26-,27+,29-,30+,33-,34-,35-,36-/m1/s1. The van der Waals surface area contributed by atoms with Crippen LogP contribution in [0.4, 0.5) is 0 Å². The molecule has 0 aromatic heterocycles. The van der Waals surface area contributed by atoms with Crippen molar-refractivity contribution in [2.75, 3.05) is 31.2 Å². The molecule has 45 heavy (non-hydrogen) atoms. The molecular weight excluding hydrogens is 605 g/mol. The number of aliphatic hydroxyl groups excluding tert-OH is 2. The van der Waals surface area contributed by atoms with Crippen LogP contribution in [0.3, 0.4) is 0 Å². The van der Waals surface area contributed by atoms with Gasteiger partial charge < -0.3 is 25.2 Å². The van der Waals surface area contributed by atoms with Crippen molar-refractivity contribution in [3.63, 3.8) is 0 Å². The van der Waals surface area contributed by atoms with Gasteiger partial charge in [0.15, 0.2) is 0 Å². The van der Waals surface area contributed by atoms with E-state index in [-0.39, 0.29) is 65.4 Å². The zero-order chi connectivity index (χ0) is 32.1. The summed E-state index contributed by atoms with van der Waals surface area (Å²) in [6, 6.07) is 0.127. The van der Waals surface area contributed by atoms with Crippen LogP contribution in [-0.4, -0.2) is 82.0 Å². The van der Waals surface area contributed by atoms with Gasteiger partial charge in [0.05, 0.1) is 30.5 Å². The van der Waals surface area contributed by atoms with Gasteiger partial charge in [0.25, 0.3) is 0 Å². The predicted octanol–water partition coefficient (Wildman–Crippen LogP) is 5.90. The van der Waals surface area contributed by atoms with Crippen molar-refractivity contribution in [2.24, 2.45) is 34.5 Å². The Labute approximate surface area is 278 Å². The molecule has 6 aliphatic rings. The molecule has 4 fully saturated rings. The van der Waals surface area contributed by atoms with E-state index in [1.54, 1.807) is 27.2 Å². The molecule has 7 nitrogen and oxygen atoms in total. The zero-order valence-electron chi connectivity index (χ0n) is 28.1. The topological polar surface area (TPSA) is 99.1 Å². The highest BCUT2D eigenvalue weighted by atomic mass is 33.1. The number of piperidine rings is 1. The van der Waals surface area contributed by atoms with Gasteiger partial charge in [-0.25, -0.2) is 0 Å². The van der Waals surface area contributed by atoms with E-state index in [4.69, 9.17) is 9.84 Å². The molecule has 3 N–H and O–H groups in total. The van der Waals surface area contributed by atoms with Crippen LogP contribution in [-0.2, 0) is 14.3 Å². The summed E-state index contributed by atoms with van der Waals surface area (Å²) in [5.41, 5.74) is 4.76. The normalized spacial score (nSPS) is 42.2. The van der Waals surface area contributed by atoms with E-state index in [2.05, 4.69) is 50.9 Å². The summed E-state index contributed by atoms with van der Waals surface area (Å²) in [7, 11) is 3.38. The molecular formula is C36H56N2O5S2. The number of likely N-dealkylation sites (tertiary alicyclic amines) is 1. The molecule has 6 rings (SSSR count). The van der Waals surface area contributed by atoms with Crippen molar-refractivity contribution in [1.29, 1.82) is 0 Å². The number of fused-ring (bicyclic) bond motifs is 6. The first-order valence-electron chi connectivity index (χ1n) is 17.6. The molecule has 10 atom stereocenters. The highest BCUT2D eigenvalue weighted by Crippen LogP contribution is 2.69. The maximum atomic E-state index is 13.8. The highest BCUT2D eigenvalue weighted by molar-refractivity contribution is 8.76. The van der Waals surface area contributed by atoms with Crippen molar-refractivity contribution >= 4 is 33.4 Å². The van der Waals surface area contributed by atoms with Crippen LogP contribution in [0.1, 0.15) is 98.8 Å². The van der Waals surface area contributed by atoms with Crippen LogP contribution >= 0.6 is 21.6 Å². The number of nitrogens with zero attached hydrogens (tertiary/aromatic N) is 1. The fourth-order valence-corrected chi connectivity index (χ4v) is 12.7. The Bertz CT molecular complexity index is 1220. The van der Waals surface area contributed by atoms with Gasteiger partial charge in [0.2, 0.25) is 11.8 Å². The second-order valence-corrected chi connectivity index (χ2v) is 18.3. The molecule has 252 valence electrons. The van der Waals surface area contributed by atoms with Gasteiger partial charge in [0, 0.05) is 43.4 Å². The molecule has 2 aliphatic heterocycles. The molecule has 2 heterocycles. The first-order chi connectivity index (χ1) is 21.4. The molecule has 0 bridgehead atoms. The van der Waals surface area contributed by atoms with Gasteiger partial charge >= 0.3 is 0 Å². The summed E-state index contributed by atoms with van der Waals surface area (Å²) >= 11 is 0. The predicted molar refractivity (Wildman–Crippen MR) is 183 cm³/mol. The van der Waals surface area contributed by atoms with Crippen molar-refractivity contribution < 1.29 is 24.5 Å². The summed E-state index contributed by atoms with van der Waals surface area (Å²) in [5, 5.41) is 22.1. The largest absolute Gasteiger partial charge is 0.396 e. The first-order valence-corrected chi connectivity index (χ1v) is 20.1. The number of allylic oxidation sites excluding steroid dienone is 2. The van der Waals surface area contributed by atoms with Crippen molar-refractivity contribution in [1.82, 2.24) is 10.2 Å². The molecule has 0 unspecified atom stereocenters. The lowest BCUT2D eigenvalue weighted by molar-refractivity contribution is -0.139. The number of amides is 2. The van der Waals surface area contributed by atoms with Gasteiger partial charge in [-0.1, -0.05) is 66.5 Å². The average Bonchev–Trinajstić information content (AvgIpc) is 3.47. The van der Waals surface area contributed by atoms with E-state index in [0.29, 0.717) is 30.7 Å². The van der Waals surface area contributed by atoms with E-state index in [0.717, 1.165) is 69.4 Å². The van der Waals surface area contributed by atoms with Crippen LogP contribution in [0.2, 0.25) is 0 Å². The summed E-state index contributed by atoms with van der Waals surface area (Å²) in [5.74, 6) is 3.64. The molecule has 4 aliphatic carbocycles. The van der Waals surface area contributed by atoms with E-state index in [9.17, 15) is 14.7 Å². The molecule has 0 aromatic rings. The lowest BCUT2D eigenvalue weighted by atomic mass is 9.54. The Morgan fingerprint density at radius 1 is 1.07 bits per heavy atom. The maximum Gasteiger partial charge on any atom is 0.223 e. The van der Waals surface area contributed by atoms with E-state index in [1.165, 1.54) is 11.1 Å². The molecule has 1 spiro atoms. The van der Waals surface area contributed by atoms with Gasteiger partial charge in [-0.3, -0.25) is 9.59 Å². The molecule has 2 saturated heterocycles. The SMILES string of the molecule is CC1=C2C[C@@H]3[C@H](CC=C4C[C@H](O)CC[C@]43C)[C@@]2(C)CC[C@@]12O[C@H]1C[C@@H](C)CN(C(=O)CCSSCCNC(=O)CCO)[C@@H]1[C@@H]2C. The Hall–Kier alpha value is -1.00. The second-order valence-electron chi connectivity index (χ2n) is 15.6. The quantitative estimate of drug-likeness (QED) is 0.161. The van der Waals surface area contributed by atoms with Gasteiger partial charge in [0.1, 0.15) is 0 Å². The Balaban J connectivity index is 1.14. The van der Waals surface area contributed by atoms with Crippen molar-refractivity contribution in [3.05, 3.63) is 22.8 Å². The maximum absolute atomic E-state index is 13.8. The number of hydrogen-bond donors (Lipinski definition) is 3. The average molecular weight is 661 g/mol. The van der Waals surface area contributed by atoms with E-state index >= 15 is 0 Å².